The standard InChI is InChI=1S/C14H20BrNO3/c1-9(2)7-16-14(18)8-19-13-6-11(15)4-5-12(13)10(3)17/h4-6,9-10,17H,7-8H2,1-3H3,(H,16,18). The van der Waals surface area contributed by atoms with E-state index >= 15 is 0 Å². The number of rotatable bonds is 6. The van der Waals surface area contributed by atoms with Crippen LogP contribution in [-0.2, 0) is 4.79 Å². The largest absolute Gasteiger partial charge is 0.483 e. The molecule has 0 heterocycles. The highest BCUT2D eigenvalue weighted by Gasteiger charge is 2.11. The minimum atomic E-state index is -0.637. The minimum absolute atomic E-state index is 0.0527. The highest BCUT2D eigenvalue weighted by molar-refractivity contribution is 9.10. The lowest BCUT2D eigenvalue weighted by Crippen LogP contribution is -2.31. The summed E-state index contributed by atoms with van der Waals surface area (Å²) in [6, 6.07) is 5.35. The monoisotopic (exact) mass is 329 g/mol. The first-order valence-corrected chi connectivity index (χ1v) is 7.06. The summed E-state index contributed by atoms with van der Waals surface area (Å²) in [5.74, 6) is 0.761. The van der Waals surface area contributed by atoms with E-state index in [1.54, 1.807) is 19.1 Å². The number of aliphatic hydroxyl groups is 1. The molecule has 1 aromatic carbocycles. The highest BCUT2D eigenvalue weighted by Crippen LogP contribution is 2.28. The summed E-state index contributed by atoms with van der Waals surface area (Å²) in [6.45, 7) is 6.30. The second-order valence-corrected chi connectivity index (χ2v) is 5.76. The summed E-state index contributed by atoms with van der Waals surface area (Å²) in [7, 11) is 0. The van der Waals surface area contributed by atoms with Gasteiger partial charge in [-0.2, -0.15) is 0 Å². The predicted octanol–water partition coefficient (Wildman–Crippen LogP) is 2.65. The number of benzene rings is 1. The number of carbonyl (C=O) groups excluding carboxylic acids is 1. The Morgan fingerprint density at radius 2 is 2.11 bits per heavy atom. The van der Waals surface area contributed by atoms with E-state index in [2.05, 4.69) is 21.2 Å². The summed E-state index contributed by atoms with van der Waals surface area (Å²) in [6.07, 6.45) is -0.637. The summed E-state index contributed by atoms with van der Waals surface area (Å²) >= 11 is 3.34. The van der Waals surface area contributed by atoms with E-state index in [0.717, 1.165) is 4.47 Å². The molecule has 4 nitrogen and oxygen atoms in total. The Morgan fingerprint density at radius 1 is 1.42 bits per heavy atom. The van der Waals surface area contributed by atoms with Crippen molar-refractivity contribution in [2.45, 2.75) is 26.9 Å². The van der Waals surface area contributed by atoms with Gasteiger partial charge in [0, 0.05) is 16.6 Å². The van der Waals surface area contributed by atoms with Gasteiger partial charge < -0.3 is 15.2 Å². The third-order valence-corrected chi connectivity index (χ3v) is 2.99. The Balaban J connectivity index is 2.61. The molecule has 0 aliphatic heterocycles. The highest BCUT2D eigenvalue weighted by atomic mass is 79.9. The van der Waals surface area contributed by atoms with Crippen molar-refractivity contribution in [2.75, 3.05) is 13.2 Å². The molecule has 1 aromatic rings. The number of nitrogens with one attached hydrogen (secondary N) is 1. The van der Waals surface area contributed by atoms with E-state index in [1.165, 1.54) is 0 Å². The van der Waals surface area contributed by atoms with Crippen LogP contribution in [0.3, 0.4) is 0 Å². The summed E-state index contributed by atoms with van der Waals surface area (Å²) in [5, 5.41) is 12.4. The predicted molar refractivity (Wildman–Crippen MR) is 78.1 cm³/mol. The Hall–Kier alpha value is -1.07. The fraction of sp³-hybridized carbons (Fsp3) is 0.500. The zero-order valence-electron chi connectivity index (χ0n) is 11.4. The molecule has 1 unspecified atom stereocenters. The van der Waals surface area contributed by atoms with E-state index in [9.17, 15) is 9.90 Å². The van der Waals surface area contributed by atoms with Gasteiger partial charge in [-0.1, -0.05) is 35.8 Å². The second kappa shape index (κ2) is 7.50. The average molecular weight is 330 g/mol. The molecular formula is C14H20BrNO3. The smallest absolute Gasteiger partial charge is 0.257 e. The van der Waals surface area contributed by atoms with Gasteiger partial charge >= 0.3 is 0 Å². The van der Waals surface area contributed by atoms with Crippen LogP contribution in [0.15, 0.2) is 22.7 Å². The maximum absolute atomic E-state index is 11.6. The van der Waals surface area contributed by atoms with Gasteiger partial charge in [-0.3, -0.25) is 4.79 Å². The first-order chi connectivity index (χ1) is 8.90. The molecule has 106 valence electrons. The Morgan fingerprint density at radius 3 is 2.68 bits per heavy atom. The first-order valence-electron chi connectivity index (χ1n) is 6.27. The zero-order valence-corrected chi connectivity index (χ0v) is 13.0. The van der Waals surface area contributed by atoms with Gasteiger partial charge in [0.15, 0.2) is 6.61 Å². The molecule has 1 amide bonds. The molecule has 0 spiro atoms. The third kappa shape index (κ3) is 5.61. The first kappa shape index (κ1) is 16.0. The quantitative estimate of drug-likeness (QED) is 0.843. The van der Waals surface area contributed by atoms with Crippen molar-refractivity contribution in [3.8, 4) is 5.75 Å². The Bertz CT molecular complexity index is 433. The van der Waals surface area contributed by atoms with Crippen LogP contribution in [0.4, 0.5) is 0 Å². The van der Waals surface area contributed by atoms with Crippen molar-refractivity contribution in [3.63, 3.8) is 0 Å². The number of amides is 1. The molecule has 0 aliphatic rings. The molecule has 0 aromatic heterocycles. The summed E-state index contributed by atoms with van der Waals surface area (Å²) < 4.78 is 6.31. The maximum atomic E-state index is 11.6. The SMILES string of the molecule is CC(C)CNC(=O)COc1cc(Br)ccc1C(C)O. The zero-order chi connectivity index (χ0) is 14.4. The number of ether oxygens (including phenoxy) is 1. The van der Waals surface area contributed by atoms with Crippen molar-refractivity contribution in [3.05, 3.63) is 28.2 Å². The van der Waals surface area contributed by atoms with Crippen LogP contribution in [0.25, 0.3) is 0 Å². The van der Waals surface area contributed by atoms with E-state index in [0.29, 0.717) is 23.8 Å². The van der Waals surface area contributed by atoms with Crippen molar-refractivity contribution in [1.82, 2.24) is 5.32 Å². The van der Waals surface area contributed by atoms with E-state index < -0.39 is 6.10 Å². The molecular weight excluding hydrogens is 310 g/mol. The fourth-order valence-corrected chi connectivity index (χ4v) is 1.83. The molecule has 0 radical (unpaired) electrons. The minimum Gasteiger partial charge on any atom is -0.483 e. The topological polar surface area (TPSA) is 58.6 Å². The van der Waals surface area contributed by atoms with Gasteiger partial charge in [-0.25, -0.2) is 0 Å². The summed E-state index contributed by atoms with van der Waals surface area (Å²) in [4.78, 5) is 11.6. The van der Waals surface area contributed by atoms with Crippen LogP contribution >= 0.6 is 15.9 Å². The van der Waals surface area contributed by atoms with Crippen LogP contribution in [-0.4, -0.2) is 24.2 Å². The van der Waals surface area contributed by atoms with Gasteiger partial charge in [0.2, 0.25) is 0 Å². The van der Waals surface area contributed by atoms with Crippen LogP contribution in [0, 0.1) is 5.92 Å². The van der Waals surface area contributed by atoms with Gasteiger partial charge in [0.25, 0.3) is 5.91 Å². The fourth-order valence-electron chi connectivity index (χ4n) is 1.49. The number of hydrogen-bond acceptors (Lipinski definition) is 3. The lowest BCUT2D eigenvalue weighted by molar-refractivity contribution is -0.123. The van der Waals surface area contributed by atoms with Crippen LogP contribution in [0.5, 0.6) is 5.75 Å². The van der Waals surface area contributed by atoms with Crippen LogP contribution in [0.1, 0.15) is 32.4 Å². The number of halogens is 1. The molecule has 5 heteroatoms. The molecule has 0 saturated carbocycles. The molecule has 0 aliphatic carbocycles. The Kier molecular flexibility index (Phi) is 6.31. The van der Waals surface area contributed by atoms with E-state index in [4.69, 9.17) is 4.74 Å². The van der Waals surface area contributed by atoms with Crippen molar-refractivity contribution < 1.29 is 14.6 Å². The molecule has 1 rings (SSSR count). The molecule has 19 heavy (non-hydrogen) atoms. The van der Waals surface area contributed by atoms with Crippen molar-refractivity contribution >= 4 is 21.8 Å². The van der Waals surface area contributed by atoms with Gasteiger partial charge in [0.05, 0.1) is 6.10 Å². The molecule has 0 saturated heterocycles. The normalized spacial score (nSPS) is 12.3. The molecule has 0 fully saturated rings. The second-order valence-electron chi connectivity index (χ2n) is 4.84. The van der Waals surface area contributed by atoms with E-state index in [-0.39, 0.29) is 12.5 Å². The van der Waals surface area contributed by atoms with Crippen LogP contribution in [0.2, 0.25) is 0 Å². The average Bonchev–Trinajstić information content (AvgIpc) is 2.33. The molecule has 2 N–H and O–H groups in total. The van der Waals surface area contributed by atoms with E-state index in [1.807, 2.05) is 19.9 Å². The van der Waals surface area contributed by atoms with Gasteiger partial charge in [-0.15, -0.1) is 0 Å². The van der Waals surface area contributed by atoms with Crippen molar-refractivity contribution in [1.29, 1.82) is 0 Å². The summed E-state index contributed by atoms with van der Waals surface area (Å²) in [5.41, 5.74) is 0.667. The maximum Gasteiger partial charge on any atom is 0.257 e. The Labute approximate surface area is 122 Å². The van der Waals surface area contributed by atoms with Gasteiger partial charge in [-0.05, 0) is 25.0 Å². The van der Waals surface area contributed by atoms with Crippen molar-refractivity contribution in [2.24, 2.45) is 5.92 Å². The number of hydrogen-bond donors (Lipinski definition) is 2. The number of carbonyl (C=O) groups is 1. The third-order valence-electron chi connectivity index (χ3n) is 2.49. The van der Waals surface area contributed by atoms with Gasteiger partial charge in [0.1, 0.15) is 5.75 Å². The molecule has 1 atom stereocenters. The number of aliphatic hydroxyl groups excluding tert-OH is 1. The van der Waals surface area contributed by atoms with Crippen LogP contribution < -0.4 is 10.1 Å². The lowest BCUT2D eigenvalue weighted by atomic mass is 10.1. The molecule has 0 bridgehead atoms. The lowest BCUT2D eigenvalue weighted by Gasteiger charge is -2.14.